The quantitative estimate of drug-likeness (QED) is 0.842. The lowest BCUT2D eigenvalue weighted by atomic mass is 10.3. The Labute approximate surface area is 104 Å². The van der Waals surface area contributed by atoms with E-state index < -0.39 is 0 Å². The van der Waals surface area contributed by atoms with Crippen LogP contribution in [-0.4, -0.2) is 21.6 Å². The van der Waals surface area contributed by atoms with Gasteiger partial charge in [-0.25, -0.2) is 0 Å². The number of rotatable bonds is 4. The molecule has 2 aromatic rings. The molecule has 0 aliphatic rings. The largest absolute Gasteiger partial charge is 0.438 e. The zero-order valence-corrected chi connectivity index (χ0v) is 10.1. The highest BCUT2D eigenvalue weighted by Gasteiger charge is 2.00. The lowest BCUT2D eigenvalue weighted by molar-refractivity contribution is 0.274. The van der Waals surface area contributed by atoms with Crippen LogP contribution in [0.3, 0.4) is 0 Å². The Bertz CT molecular complexity index is 425. The number of aliphatic hydroxyl groups excluding tert-OH is 1. The van der Waals surface area contributed by atoms with Crippen LogP contribution in [0.4, 0.5) is 0 Å². The van der Waals surface area contributed by atoms with E-state index in [1.165, 1.54) is 4.90 Å². The molecule has 0 fully saturated rings. The number of nitrogens with zero attached hydrogens (tertiary/aromatic N) is 2. The topological polar surface area (TPSA) is 55.2 Å². The Morgan fingerprint density at radius 2 is 1.88 bits per heavy atom. The second-order valence-electron chi connectivity index (χ2n) is 3.30. The maximum atomic E-state index is 8.83. The van der Waals surface area contributed by atoms with Crippen molar-refractivity contribution < 1.29 is 9.84 Å². The van der Waals surface area contributed by atoms with Crippen LogP contribution in [-0.2, 0) is 6.61 Å². The molecule has 1 heterocycles. The second kappa shape index (κ2) is 5.65. The molecule has 0 amide bonds. The number of aliphatic hydroxyl groups is 1. The summed E-state index contributed by atoms with van der Waals surface area (Å²) in [5, 5.41) is 16.5. The van der Waals surface area contributed by atoms with Crippen LogP contribution in [0.1, 0.15) is 5.69 Å². The SMILES string of the molecule is CSc1ccc(Oc2ccc(CO)nn2)cc1. The van der Waals surface area contributed by atoms with Gasteiger partial charge < -0.3 is 9.84 Å². The minimum Gasteiger partial charge on any atom is -0.438 e. The van der Waals surface area contributed by atoms with E-state index in [4.69, 9.17) is 9.84 Å². The standard InChI is InChI=1S/C12H12N2O2S/c1-17-11-5-3-10(4-6-11)16-12-7-2-9(8-15)13-14-12/h2-7,15H,8H2,1H3. The summed E-state index contributed by atoms with van der Waals surface area (Å²) >= 11 is 1.68. The number of thioether (sulfide) groups is 1. The van der Waals surface area contributed by atoms with Crippen LogP contribution < -0.4 is 4.74 Å². The molecule has 0 bridgehead atoms. The van der Waals surface area contributed by atoms with Gasteiger partial charge in [-0.1, -0.05) is 0 Å². The molecule has 0 saturated heterocycles. The van der Waals surface area contributed by atoms with Crippen molar-refractivity contribution in [2.75, 3.05) is 6.26 Å². The van der Waals surface area contributed by atoms with Gasteiger partial charge in [-0.2, -0.15) is 0 Å². The molecule has 0 radical (unpaired) electrons. The van der Waals surface area contributed by atoms with Crippen molar-refractivity contribution in [3.63, 3.8) is 0 Å². The Morgan fingerprint density at radius 3 is 2.41 bits per heavy atom. The highest BCUT2D eigenvalue weighted by molar-refractivity contribution is 7.98. The third-order valence-corrected chi connectivity index (χ3v) is 2.88. The van der Waals surface area contributed by atoms with Crippen molar-refractivity contribution in [3.8, 4) is 11.6 Å². The minimum atomic E-state index is -0.115. The molecular weight excluding hydrogens is 236 g/mol. The molecule has 17 heavy (non-hydrogen) atoms. The average molecular weight is 248 g/mol. The summed E-state index contributed by atoms with van der Waals surface area (Å²) in [6.45, 7) is -0.115. The van der Waals surface area contributed by atoms with Crippen LogP contribution >= 0.6 is 11.8 Å². The molecule has 0 spiro atoms. The first-order chi connectivity index (χ1) is 8.31. The van der Waals surface area contributed by atoms with Gasteiger partial charge in [-0.3, -0.25) is 0 Å². The molecule has 0 aliphatic heterocycles. The highest BCUT2D eigenvalue weighted by Crippen LogP contribution is 2.22. The number of ether oxygens (including phenoxy) is 1. The minimum absolute atomic E-state index is 0.115. The normalized spacial score (nSPS) is 10.2. The maximum absolute atomic E-state index is 8.83. The summed E-state index contributed by atoms with van der Waals surface area (Å²) in [7, 11) is 0. The van der Waals surface area contributed by atoms with Gasteiger partial charge in [0, 0.05) is 11.0 Å². The molecule has 0 unspecified atom stereocenters. The van der Waals surface area contributed by atoms with Gasteiger partial charge in [-0.05, 0) is 36.6 Å². The predicted octanol–water partition coefficient (Wildman–Crippen LogP) is 2.48. The summed E-state index contributed by atoms with van der Waals surface area (Å²) in [6.07, 6.45) is 2.02. The van der Waals surface area contributed by atoms with Gasteiger partial charge in [0.1, 0.15) is 5.75 Å². The van der Waals surface area contributed by atoms with E-state index in [1.54, 1.807) is 23.9 Å². The fraction of sp³-hybridized carbons (Fsp3) is 0.167. The summed E-state index contributed by atoms with van der Waals surface area (Å²) in [5.74, 6) is 1.13. The maximum Gasteiger partial charge on any atom is 0.238 e. The molecule has 0 saturated carbocycles. The number of benzene rings is 1. The molecule has 2 rings (SSSR count). The lowest BCUT2D eigenvalue weighted by Crippen LogP contribution is -1.94. The van der Waals surface area contributed by atoms with E-state index in [1.807, 2.05) is 30.5 Å². The number of aromatic nitrogens is 2. The van der Waals surface area contributed by atoms with E-state index in [-0.39, 0.29) is 6.61 Å². The molecule has 5 heteroatoms. The lowest BCUT2D eigenvalue weighted by Gasteiger charge is -2.04. The van der Waals surface area contributed by atoms with Crippen molar-refractivity contribution in [3.05, 3.63) is 42.1 Å². The summed E-state index contributed by atoms with van der Waals surface area (Å²) in [5.41, 5.74) is 0.523. The van der Waals surface area contributed by atoms with Crippen LogP contribution in [0, 0.1) is 0 Å². The van der Waals surface area contributed by atoms with E-state index in [2.05, 4.69) is 10.2 Å². The number of hydrogen-bond donors (Lipinski definition) is 1. The third kappa shape index (κ3) is 3.18. The van der Waals surface area contributed by atoms with Gasteiger partial charge in [0.2, 0.25) is 5.88 Å². The Morgan fingerprint density at radius 1 is 1.12 bits per heavy atom. The van der Waals surface area contributed by atoms with E-state index in [0.29, 0.717) is 17.3 Å². The van der Waals surface area contributed by atoms with Gasteiger partial charge in [0.15, 0.2) is 0 Å². The van der Waals surface area contributed by atoms with Gasteiger partial charge in [0.25, 0.3) is 0 Å². The average Bonchev–Trinajstić information content (AvgIpc) is 2.40. The second-order valence-corrected chi connectivity index (χ2v) is 4.18. The van der Waals surface area contributed by atoms with Gasteiger partial charge in [0.05, 0.1) is 12.3 Å². The van der Waals surface area contributed by atoms with Crippen molar-refractivity contribution >= 4 is 11.8 Å². The first-order valence-electron chi connectivity index (χ1n) is 5.07. The van der Waals surface area contributed by atoms with Gasteiger partial charge >= 0.3 is 0 Å². The van der Waals surface area contributed by atoms with E-state index >= 15 is 0 Å². The Kier molecular flexibility index (Phi) is 3.95. The predicted molar refractivity (Wildman–Crippen MR) is 66.3 cm³/mol. The Hall–Kier alpha value is -1.59. The van der Waals surface area contributed by atoms with E-state index in [9.17, 15) is 0 Å². The molecule has 1 aromatic heterocycles. The van der Waals surface area contributed by atoms with Crippen molar-refractivity contribution in [1.29, 1.82) is 0 Å². The molecule has 0 atom stereocenters. The molecule has 0 aliphatic carbocycles. The summed E-state index contributed by atoms with van der Waals surface area (Å²) < 4.78 is 5.51. The molecule has 88 valence electrons. The zero-order valence-electron chi connectivity index (χ0n) is 9.33. The summed E-state index contributed by atoms with van der Waals surface area (Å²) in [4.78, 5) is 1.18. The fourth-order valence-corrected chi connectivity index (χ4v) is 1.66. The Balaban J connectivity index is 2.08. The first-order valence-corrected chi connectivity index (χ1v) is 6.29. The number of hydrogen-bond acceptors (Lipinski definition) is 5. The smallest absolute Gasteiger partial charge is 0.238 e. The van der Waals surface area contributed by atoms with Crippen molar-refractivity contribution in [1.82, 2.24) is 10.2 Å². The monoisotopic (exact) mass is 248 g/mol. The highest BCUT2D eigenvalue weighted by atomic mass is 32.2. The van der Waals surface area contributed by atoms with Crippen LogP contribution in [0.2, 0.25) is 0 Å². The fourth-order valence-electron chi connectivity index (χ4n) is 1.25. The molecule has 4 nitrogen and oxygen atoms in total. The summed E-state index contributed by atoms with van der Waals surface area (Å²) in [6, 6.07) is 11.1. The third-order valence-electron chi connectivity index (χ3n) is 2.14. The molecular formula is C12H12N2O2S. The van der Waals surface area contributed by atoms with E-state index in [0.717, 1.165) is 0 Å². The molecule has 1 aromatic carbocycles. The first kappa shape index (κ1) is 11.9. The molecule has 1 N–H and O–H groups in total. The zero-order chi connectivity index (χ0) is 12.1. The van der Waals surface area contributed by atoms with Crippen molar-refractivity contribution in [2.45, 2.75) is 11.5 Å². The van der Waals surface area contributed by atoms with Gasteiger partial charge in [-0.15, -0.1) is 22.0 Å². The van der Waals surface area contributed by atoms with Crippen LogP contribution in [0.15, 0.2) is 41.3 Å². The van der Waals surface area contributed by atoms with Crippen LogP contribution in [0.5, 0.6) is 11.6 Å². The van der Waals surface area contributed by atoms with Crippen LogP contribution in [0.25, 0.3) is 0 Å². The van der Waals surface area contributed by atoms with Crippen molar-refractivity contribution in [2.24, 2.45) is 0 Å².